The van der Waals surface area contributed by atoms with Gasteiger partial charge in [0.05, 0.1) is 13.7 Å². The van der Waals surface area contributed by atoms with Gasteiger partial charge in [-0.1, -0.05) is 46.3 Å². The lowest BCUT2D eigenvalue weighted by atomic mass is 10.0. The molecular formula is C31H36BrN3O5. The quantitative estimate of drug-likeness (QED) is 0.380. The number of aryl methyl sites for hydroxylation is 1. The molecule has 1 aliphatic rings. The van der Waals surface area contributed by atoms with Crippen molar-refractivity contribution in [3.05, 3.63) is 70.2 Å². The van der Waals surface area contributed by atoms with Crippen LogP contribution in [-0.4, -0.2) is 54.6 Å². The van der Waals surface area contributed by atoms with Gasteiger partial charge in [-0.15, -0.1) is 0 Å². The van der Waals surface area contributed by atoms with Gasteiger partial charge in [-0.2, -0.15) is 0 Å². The summed E-state index contributed by atoms with van der Waals surface area (Å²) >= 11 is 3.54. The Morgan fingerprint density at radius 3 is 2.58 bits per heavy atom. The number of anilines is 1. The van der Waals surface area contributed by atoms with Gasteiger partial charge in [0.25, 0.3) is 0 Å². The molecule has 0 saturated heterocycles. The molecule has 1 N–H and O–H groups in total. The third-order valence-corrected chi connectivity index (χ3v) is 7.59. The first-order chi connectivity index (χ1) is 18.9. The monoisotopic (exact) mass is 609 g/mol. The molecule has 0 unspecified atom stereocenters. The SMILES string of the molecule is COc1ccc2cc(Br)ccc2c1CN1C(=O)[C@@H](NC(=O)[C@H](C)N(C)C(=O)OC(C)(C)C)CCc2ccccc21. The summed E-state index contributed by atoms with van der Waals surface area (Å²) in [7, 11) is 3.13. The lowest BCUT2D eigenvalue weighted by Crippen LogP contribution is -2.54. The van der Waals surface area contributed by atoms with Gasteiger partial charge in [0.2, 0.25) is 11.8 Å². The van der Waals surface area contributed by atoms with Crippen molar-refractivity contribution in [1.29, 1.82) is 0 Å². The van der Waals surface area contributed by atoms with Crippen LogP contribution >= 0.6 is 15.9 Å². The Kier molecular flexibility index (Phi) is 8.73. The first kappa shape index (κ1) is 29.4. The van der Waals surface area contributed by atoms with Crippen molar-refractivity contribution in [3.8, 4) is 5.75 Å². The molecule has 2 atom stereocenters. The number of carbonyl (C=O) groups excluding carboxylic acids is 3. The van der Waals surface area contributed by atoms with E-state index in [1.54, 1.807) is 39.7 Å². The highest BCUT2D eigenvalue weighted by molar-refractivity contribution is 9.10. The van der Waals surface area contributed by atoms with Crippen LogP contribution in [0.3, 0.4) is 0 Å². The van der Waals surface area contributed by atoms with E-state index in [4.69, 9.17) is 9.47 Å². The summed E-state index contributed by atoms with van der Waals surface area (Å²) in [5.41, 5.74) is 2.01. The maximum absolute atomic E-state index is 14.1. The molecule has 3 aromatic carbocycles. The van der Waals surface area contributed by atoms with Crippen LogP contribution in [0.15, 0.2) is 59.1 Å². The second-order valence-electron chi connectivity index (χ2n) is 11.0. The largest absolute Gasteiger partial charge is 0.496 e. The number of rotatable bonds is 6. The number of hydrogen-bond donors (Lipinski definition) is 1. The van der Waals surface area contributed by atoms with Crippen LogP contribution in [0.25, 0.3) is 10.8 Å². The van der Waals surface area contributed by atoms with Gasteiger partial charge in [-0.25, -0.2) is 4.79 Å². The Labute approximate surface area is 243 Å². The molecule has 212 valence electrons. The summed E-state index contributed by atoms with van der Waals surface area (Å²) in [6.07, 6.45) is 0.436. The summed E-state index contributed by atoms with van der Waals surface area (Å²) in [6, 6.07) is 16.1. The predicted octanol–water partition coefficient (Wildman–Crippen LogP) is 5.83. The number of ether oxygens (including phenoxy) is 2. The minimum atomic E-state index is -0.835. The number of halogens is 1. The van der Waals surface area contributed by atoms with Gasteiger partial charge in [0, 0.05) is 22.8 Å². The molecule has 8 nitrogen and oxygen atoms in total. The molecule has 1 aliphatic heterocycles. The third kappa shape index (κ3) is 6.41. The van der Waals surface area contributed by atoms with E-state index in [-0.39, 0.29) is 12.5 Å². The molecule has 0 spiro atoms. The minimum absolute atomic E-state index is 0.221. The third-order valence-electron chi connectivity index (χ3n) is 7.09. The Morgan fingerprint density at radius 1 is 1.15 bits per heavy atom. The van der Waals surface area contributed by atoms with Gasteiger partial charge in [0.15, 0.2) is 0 Å². The van der Waals surface area contributed by atoms with Crippen LogP contribution in [0.5, 0.6) is 5.75 Å². The molecule has 0 radical (unpaired) electrons. The van der Waals surface area contributed by atoms with Gasteiger partial charge in [-0.05, 0) is 81.1 Å². The van der Waals surface area contributed by atoms with E-state index >= 15 is 0 Å². The molecule has 0 aliphatic carbocycles. The van der Waals surface area contributed by atoms with Gasteiger partial charge in [-0.3, -0.25) is 14.5 Å². The first-order valence-corrected chi connectivity index (χ1v) is 14.1. The lowest BCUT2D eigenvalue weighted by Gasteiger charge is -2.30. The van der Waals surface area contributed by atoms with E-state index in [0.29, 0.717) is 18.6 Å². The smallest absolute Gasteiger partial charge is 0.410 e. The van der Waals surface area contributed by atoms with E-state index in [9.17, 15) is 14.4 Å². The second-order valence-corrected chi connectivity index (χ2v) is 11.9. The van der Waals surface area contributed by atoms with Gasteiger partial charge >= 0.3 is 6.09 Å². The number of carbonyl (C=O) groups is 3. The predicted molar refractivity (Wildman–Crippen MR) is 160 cm³/mol. The molecule has 0 bridgehead atoms. The average molecular weight is 611 g/mol. The van der Waals surface area contributed by atoms with Crippen molar-refractivity contribution in [2.45, 2.75) is 64.8 Å². The molecule has 40 heavy (non-hydrogen) atoms. The Hall–Kier alpha value is -3.59. The summed E-state index contributed by atoms with van der Waals surface area (Å²) < 4.78 is 12.1. The molecule has 3 amide bonds. The van der Waals surface area contributed by atoms with Crippen LogP contribution in [0.2, 0.25) is 0 Å². The number of nitrogens with zero attached hydrogens (tertiary/aromatic N) is 2. The zero-order chi connectivity index (χ0) is 29.2. The number of fused-ring (bicyclic) bond motifs is 2. The summed E-state index contributed by atoms with van der Waals surface area (Å²) in [5.74, 6) is 0.0318. The lowest BCUT2D eigenvalue weighted by molar-refractivity contribution is -0.130. The van der Waals surface area contributed by atoms with Crippen molar-refractivity contribution >= 4 is 50.3 Å². The average Bonchev–Trinajstić information content (AvgIpc) is 3.03. The maximum atomic E-state index is 14.1. The number of para-hydroxylation sites is 1. The van der Waals surface area contributed by atoms with E-state index in [1.807, 2.05) is 54.6 Å². The molecule has 1 heterocycles. The van der Waals surface area contributed by atoms with Crippen molar-refractivity contribution in [1.82, 2.24) is 10.2 Å². The fourth-order valence-corrected chi connectivity index (χ4v) is 5.21. The number of hydrogen-bond acceptors (Lipinski definition) is 5. The normalized spacial score (nSPS) is 16.1. The standard InChI is InChI=1S/C31H36BrN3O5/c1-19(34(5)30(38)40-31(2,3)4)28(36)33-25-15-11-20-9-7-8-10-26(20)35(29(25)37)18-24-23-14-13-22(32)17-21(23)12-16-27(24)39-6/h7-10,12-14,16-17,19,25H,11,15,18H2,1-6H3,(H,33,36)/t19-,25-/m0/s1. The fraction of sp³-hybridized carbons (Fsp3) is 0.387. The van der Waals surface area contributed by atoms with E-state index in [0.717, 1.165) is 32.1 Å². The van der Waals surface area contributed by atoms with Gasteiger partial charge in [0.1, 0.15) is 23.4 Å². The highest BCUT2D eigenvalue weighted by atomic mass is 79.9. The molecule has 4 rings (SSSR count). The first-order valence-electron chi connectivity index (χ1n) is 13.3. The van der Waals surface area contributed by atoms with Crippen molar-refractivity contribution in [3.63, 3.8) is 0 Å². The number of nitrogens with one attached hydrogen (secondary N) is 1. The summed E-state index contributed by atoms with van der Waals surface area (Å²) in [6.45, 7) is 7.18. The van der Waals surface area contributed by atoms with Gasteiger partial charge < -0.3 is 19.7 Å². The highest BCUT2D eigenvalue weighted by Gasteiger charge is 2.35. The fourth-order valence-electron chi connectivity index (χ4n) is 4.83. The molecule has 0 saturated carbocycles. The Morgan fingerprint density at radius 2 is 1.88 bits per heavy atom. The van der Waals surface area contributed by atoms with Crippen LogP contribution in [0.1, 0.15) is 45.2 Å². The minimum Gasteiger partial charge on any atom is -0.496 e. The molecule has 9 heteroatoms. The van der Waals surface area contributed by atoms with Crippen LogP contribution < -0.4 is 15.0 Å². The molecule has 0 fully saturated rings. The Balaban J connectivity index is 1.64. The topological polar surface area (TPSA) is 88.2 Å². The van der Waals surface area contributed by atoms with Crippen molar-refractivity contribution in [2.75, 3.05) is 19.1 Å². The zero-order valence-electron chi connectivity index (χ0n) is 23.8. The van der Waals surface area contributed by atoms with Crippen LogP contribution in [0.4, 0.5) is 10.5 Å². The maximum Gasteiger partial charge on any atom is 0.410 e. The van der Waals surface area contributed by atoms with E-state index in [2.05, 4.69) is 21.2 Å². The molecule has 0 aromatic heterocycles. The number of likely N-dealkylation sites (N-methyl/N-ethyl adjacent to an activating group) is 1. The van der Waals surface area contributed by atoms with Crippen molar-refractivity contribution < 1.29 is 23.9 Å². The summed E-state index contributed by atoms with van der Waals surface area (Å²) in [4.78, 5) is 42.9. The van der Waals surface area contributed by atoms with E-state index in [1.165, 1.54) is 11.9 Å². The second kappa shape index (κ2) is 11.9. The number of benzene rings is 3. The Bertz CT molecular complexity index is 1430. The number of methoxy groups -OCH3 is 1. The molecule has 3 aromatic rings. The van der Waals surface area contributed by atoms with Crippen LogP contribution in [0, 0.1) is 0 Å². The highest BCUT2D eigenvalue weighted by Crippen LogP contribution is 2.35. The summed E-state index contributed by atoms with van der Waals surface area (Å²) in [5, 5.41) is 4.91. The molecular weight excluding hydrogens is 574 g/mol. The zero-order valence-corrected chi connectivity index (χ0v) is 25.4. The van der Waals surface area contributed by atoms with Crippen LogP contribution in [-0.2, 0) is 27.3 Å². The van der Waals surface area contributed by atoms with E-state index < -0.39 is 29.7 Å². The number of amides is 3. The van der Waals surface area contributed by atoms with Crippen molar-refractivity contribution in [2.24, 2.45) is 0 Å².